The minimum absolute atomic E-state index is 0.0215. The van der Waals surface area contributed by atoms with Gasteiger partial charge in [0.05, 0.1) is 25.9 Å². The van der Waals surface area contributed by atoms with Crippen molar-refractivity contribution < 1.29 is 32.1 Å². The molecule has 1 aliphatic heterocycles. The first-order chi connectivity index (χ1) is 25.8. The summed E-state index contributed by atoms with van der Waals surface area (Å²) in [5.74, 6) is -2.89. The van der Waals surface area contributed by atoms with E-state index in [1.807, 2.05) is 6.07 Å². The summed E-state index contributed by atoms with van der Waals surface area (Å²) in [6, 6.07) is 10.2. The quantitative estimate of drug-likeness (QED) is 0.0500. The number of anilines is 1. The molecule has 0 aliphatic carbocycles. The van der Waals surface area contributed by atoms with Crippen molar-refractivity contribution in [1.29, 1.82) is 0 Å². The number of hydrogen-bond acceptors (Lipinski definition) is 9. The van der Waals surface area contributed by atoms with Crippen molar-refractivity contribution in [2.24, 2.45) is 0 Å². The van der Waals surface area contributed by atoms with Crippen LogP contribution in [0.5, 0.6) is 5.75 Å². The molecular weight excluding hydrogens is 703 g/mol. The van der Waals surface area contributed by atoms with Crippen LogP contribution in [0.25, 0.3) is 0 Å². The smallest absolute Gasteiger partial charge is 0.351 e. The van der Waals surface area contributed by atoms with Crippen molar-refractivity contribution in [3.05, 3.63) is 114 Å². The number of halogens is 2. The lowest BCUT2D eigenvalue weighted by Crippen LogP contribution is -2.35. The molecule has 3 unspecified atom stereocenters. The summed E-state index contributed by atoms with van der Waals surface area (Å²) >= 11 is 0. The highest BCUT2D eigenvalue weighted by molar-refractivity contribution is 7.45. The van der Waals surface area contributed by atoms with Crippen molar-refractivity contribution in [2.75, 3.05) is 38.6 Å². The summed E-state index contributed by atoms with van der Waals surface area (Å²) < 4.78 is 53.3. The van der Waals surface area contributed by atoms with Crippen LogP contribution < -0.4 is 26.4 Å². The maximum Gasteiger partial charge on any atom is 0.351 e. The minimum atomic E-state index is -3.33. The first-order valence-electron chi connectivity index (χ1n) is 18.2. The molecule has 14 heteroatoms. The van der Waals surface area contributed by atoms with Crippen molar-refractivity contribution in [3.63, 3.8) is 0 Å². The number of benzene rings is 1. The van der Waals surface area contributed by atoms with Gasteiger partial charge in [-0.3, -0.25) is 9.36 Å². The van der Waals surface area contributed by atoms with Gasteiger partial charge in [-0.25, -0.2) is 18.7 Å². The largest absolute Gasteiger partial charge is 0.436 e. The van der Waals surface area contributed by atoms with Crippen LogP contribution in [0.4, 0.5) is 14.6 Å². The molecule has 11 nitrogen and oxygen atoms in total. The Labute approximate surface area is 313 Å². The highest BCUT2D eigenvalue weighted by Crippen LogP contribution is 2.43. The summed E-state index contributed by atoms with van der Waals surface area (Å²) in [5.41, 5.74) is 4.56. The number of allylic oxidation sites excluding steroid dienone is 10. The summed E-state index contributed by atoms with van der Waals surface area (Å²) in [4.78, 5) is 27.8. The van der Waals surface area contributed by atoms with Gasteiger partial charge >= 0.3 is 14.2 Å². The van der Waals surface area contributed by atoms with Crippen LogP contribution in [0.1, 0.15) is 70.9 Å². The molecule has 2 heterocycles. The zero-order valence-corrected chi connectivity index (χ0v) is 31.4. The Morgan fingerprint density at radius 2 is 1.62 bits per heavy atom. The van der Waals surface area contributed by atoms with Crippen molar-refractivity contribution >= 4 is 20.3 Å². The zero-order valence-electron chi connectivity index (χ0n) is 30.5. The predicted molar refractivity (Wildman–Crippen MR) is 206 cm³/mol. The van der Waals surface area contributed by atoms with Gasteiger partial charge in [0.2, 0.25) is 12.1 Å². The molecule has 53 heavy (non-hydrogen) atoms. The Hall–Kier alpha value is -4.00. The number of para-hydroxylation sites is 1. The van der Waals surface area contributed by atoms with Crippen LogP contribution in [0.3, 0.4) is 0 Å². The molecule has 290 valence electrons. The lowest BCUT2D eigenvalue weighted by molar-refractivity contribution is -0.121. The Bertz CT molecular complexity index is 1540. The number of nitrogens with two attached hydrogens (primary N) is 1. The maximum atomic E-state index is 14.8. The molecule has 1 fully saturated rings. The van der Waals surface area contributed by atoms with Crippen LogP contribution in [0.15, 0.2) is 108 Å². The second-order valence-electron chi connectivity index (χ2n) is 12.0. The summed E-state index contributed by atoms with van der Waals surface area (Å²) in [6.45, 7) is 3.28. The van der Waals surface area contributed by atoms with E-state index in [9.17, 15) is 18.4 Å². The molecule has 3 rings (SSSR count). The van der Waals surface area contributed by atoms with E-state index < -0.39 is 38.9 Å². The fourth-order valence-corrected chi connectivity index (χ4v) is 6.05. The predicted octanol–water partition coefficient (Wildman–Crippen LogP) is 7.71. The molecule has 1 aromatic heterocycles. The molecule has 0 bridgehead atoms. The molecule has 4 N–H and O–H groups in total. The molecule has 0 saturated carbocycles. The number of amides is 1. The lowest BCUT2D eigenvalue weighted by atomic mass is 10.2. The SMILES string of the molecule is CC/C=C\C/C=C\C/C=C\C/C=C\C/C=C\CCCC(=O)NCCOCCNP(OCC1CC(F)(F)C(n2ccc(N)nc2=O)O1)Oc1ccccc1. The third-order valence-corrected chi connectivity index (χ3v) is 8.83. The number of rotatable bonds is 26. The number of unbranched alkanes of at least 4 members (excludes halogenated alkanes) is 1. The Morgan fingerprint density at radius 1 is 0.981 bits per heavy atom. The van der Waals surface area contributed by atoms with Gasteiger partial charge in [0.15, 0.2) is 0 Å². The Kier molecular flexibility index (Phi) is 21.2. The van der Waals surface area contributed by atoms with Crippen molar-refractivity contribution in [2.45, 2.75) is 83.0 Å². The monoisotopic (exact) mass is 757 g/mol. The molecule has 2 aromatic rings. The first-order valence-corrected chi connectivity index (χ1v) is 19.3. The number of hydrogen-bond donors (Lipinski definition) is 3. The molecule has 3 atom stereocenters. The number of aromatic nitrogens is 2. The van der Waals surface area contributed by atoms with E-state index in [1.54, 1.807) is 24.3 Å². The van der Waals surface area contributed by atoms with E-state index >= 15 is 0 Å². The van der Waals surface area contributed by atoms with Gasteiger partial charge in [-0.15, -0.1) is 0 Å². The number of nitrogens with zero attached hydrogens (tertiary/aromatic N) is 2. The molecule has 1 aliphatic rings. The van der Waals surface area contributed by atoms with Gasteiger partial charge < -0.3 is 29.6 Å². The number of carbonyl (C=O) groups is 1. The Morgan fingerprint density at radius 3 is 2.28 bits per heavy atom. The number of ether oxygens (including phenoxy) is 2. The van der Waals surface area contributed by atoms with Crippen LogP contribution in [-0.4, -0.2) is 60.4 Å². The Balaban J connectivity index is 1.25. The molecule has 0 spiro atoms. The molecule has 0 radical (unpaired) electrons. The highest BCUT2D eigenvalue weighted by Gasteiger charge is 2.52. The van der Waals surface area contributed by atoms with E-state index in [0.29, 0.717) is 38.5 Å². The van der Waals surface area contributed by atoms with E-state index in [0.717, 1.165) is 55.7 Å². The van der Waals surface area contributed by atoms with Gasteiger partial charge in [-0.2, -0.15) is 4.98 Å². The fraction of sp³-hybridized carbons (Fsp3) is 0.462. The fourth-order valence-electron chi connectivity index (χ4n) is 4.95. The third-order valence-electron chi connectivity index (χ3n) is 7.58. The zero-order chi connectivity index (χ0) is 38.0. The van der Waals surface area contributed by atoms with Gasteiger partial charge in [-0.05, 0) is 63.1 Å². The minimum Gasteiger partial charge on any atom is -0.436 e. The second-order valence-corrected chi connectivity index (χ2v) is 13.3. The molecule has 1 amide bonds. The van der Waals surface area contributed by atoms with Crippen LogP contribution in [0, 0.1) is 0 Å². The standard InChI is InChI=1S/C39H54F2N5O6P/c1-2-3-4-5-6-7-8-9-10-11-12-13-14-15-16-17-21-24-36(47)43-26-29-49-30-27-44-53(52-33-22-19-18-20-23-33)50-32-34-31-39(40,41)37(51-34)46-28-25-35(42)45-38(46)48/h3-4,6-7,9-10,12-13,15-16,18-20,22-23,25,28,34,37,44H,2,5,8,11,14,17,21,24,26-27,29-32H2,1H3,(H,43,47)(H2,42,45,48)/b4-3-,7-6-,10-9-,13-12-,16-15-. The number of alkyl halides is 2. The number of nitrogens with one attached hydrogen (secondary N) is 2. The average molecular weight is 758 g/mol. The lowest BCUT2D eigenvalue weighted by Gasteiger charge is -2.21. The van der Waals surface area contributed by atoms with E-state index in [-0.39, 0.29) is 18.3 Å². The topological polar surface area (TPSA) is 139 Å². The van der Waals surface area contributed by atoms with Crippen LogP contribution in [-0.2, 0) is 18.8 Å². The van der Waals surface area contributed by atoms with Gasteiger partial charge in [0.25, 0.3) is 5.92 Å². The second kappa shape index (κ2) is 25.9. The summed E-state index contributed by atoms with van der Waals surface area (Å²) in [6.07, 6.45) is 26.2. The maximum absolute atomic E-state index is 14.8. The number of carbonyl (C=O) groups excluding carboxylic acids is 1. The van der Waals surface area contributed by atoms with E-state index in [1.165, 1.54) is 6.07 Å². The van der Waals surface area contributed by atoms with Crippen molar-refractivity contribution in [3.8, 4) is 5.75 Å². The molecule has 1 aromatic carbocycles. The normalized spacial score (nSPS) is 17.9. The number of nitrogen functional groups attached to an aromatic ring is 1. The molecule has 1 saturated heterocycles. The molecular formula is C39H54F2N5O6P. The highest BCUT2D eigenvalue weighted by atomic mass is 31.2. The van der Waals surface area contributed by atoms with Gasteiger partial charge in [0.1, 0.15) is 11.6 Å². The van der Waals surface area contributed by atoms with Gasteiger partial charge in [-0.1, -0.05) is 85.9 Å². The third kappa shape index (κ3) is 18.5. The van der Waals surface area contributed by atoms with E-state index in [4.69, 9.17) is 24.3 Å². The van der Waals surface area contributed by atoms with Crippen molar-refractivity contribution in [1.82, 2.24) is 20.0 Å². The first kappa shape index (κ1) is 43.4. The van der Waals surface area contributed by atoms with E-state index in [2.05, 4.69) is 83.1 Å². The summed E-state index contributed by atoms with van der Waals surface area (Å²) in [7, 11) is -1.76. The average Bonchev–Trinajstić information content (AvgIpc) is 3.44. The van der Waals surface area contributed by atoms with Crippen LogP contribution >= 0.6 is 8.53 Å². The van der Waals surface area contributed by atoms with Crippen LogP contribution in [0.2, 0.25) is 0 Å². The summed E-state index contributed by atoms with van der Waals surface area (Å²) in [5, 5.41) is 5.98. The van der Waals surface area contributed by atoms with Gasteiger partial charge in [0, 0.05) is 32.1 Å².